The third-order valence-corrected chi connectivity index (χ3v) is 6.57. The van der Waals surface area contributed by atoms with Crippen LogP contribution in [0.3, 0.4) is 0 Å². The summed E-state index contributed by atoms with van der Waals surface area (Å²) >= 11 is 11.9. The number of rotatable bonds is 6. The molecule has 190 valence electrons. The van der Waals surface area contributed by atoms with Gasteiger partial charge in [0.15, 0.2) is 5.11 Å². The highest BCUT2D eigenvalue weighted by atomic mass is 35.5. The van der Waals surface area contributed by atoms with E-state index >= 15 is 0 Å². The molecule has 1 N–H and O–H groups in total. The van der Waals surface area contributed by atoms with Crippen LogP contribution < -0.4 is 19.7 Å². The lowest BCUT2D eigenvalue weighted by molar-refractivity contribution is -0.122. The second kappa shape index (κ2) is 10.5. The molecule has 10 heteroatoms. The molecule has 0 atom stereocenters. The van der Waals surface area contributed by atoms with Gasteiger partial charge in [-0.15, -0.1) is 0 Å². The number of nitrogens with zero attached hydrogens (tertiary/aromatic N) is 3. The third-order valence-electron chi connectivity index (χ3n) is 5.84. The van der Waals surface area contributed by atoms with Crippen LogP contribution in [0, 0.1) is 0 Å². The van der Waals surface area contributed by atoms with E-state index in [1.807, 2.05) is 42.5 Å². The highest BCUT2D eigenvalue weighted by Gasteiger charge is 2.35. The molecule has 0 radical (unpaired) electrons. The van der Waals surface area contributed by atoms with E-state index in [4.69, 9.17) is 33.3 Å². The molecule has 0 unspecified atom stereocenters. The maximum Gasteiger partial charge on any atom is 0.270 e. The van der Waals surface area contributed by atoms with E-state index in [1.165, 1.54) is 15.7 Å². The number of hydrogen-bond donors (Lipinski definition) is 1. The zero-order chi connectivity index (χ0) is 26.8. The molecular formula is C28H21ClN4O4S. The van der Waals surface area contributed by atoms with E-state index in [-0.39, 0.29) is 15.8 Å². The Hall–Kier alpha value is -4.47. The summed E-state index contributed by atoms with van der Waals surface area (Å²) in [5.74, 6) is 0.739. The molecule has 2 amide bonds. The molecule has 1 aliphatic rings. The smallest absolute Gasteiger partial charge is 0.270 e. The predicted molar refractivity (Wildman–Crippen MR) is 149 cm³/mol. The minimum absolute atomic E-state index is 0.0264. The number of hydrogen-bond acceptors (Lipinski definition) is 6. The topological polar surface area (TPSA) is 85.7 Å². The molecule has 0 spiro atoms. The predicted octanol–water partition coefficient (Wildman–Crippen LogP) is 5.37. The molecule has 8 nitrogen and oxygen atoms in total. The molecule has 1 aliphatic heterocycles. The maximum atomic E-state index is 13.6. The monoisotopic (exact) mass is 544 g/mol. The SMILES string of the molecule is COc1ccc(-c2nn(C)c(Cl)c2/C=C2\C(=O)NC(=S)N(c3ccc(Oc4ccccc4)cc3)C2=O)cc1. The lowest BCUT2D eigenvalue weighted by Crippen LogP contribution is -2.54. The average molecular weight is 545 g/mol. The molecule has 3 aromatic carbocycles. The largest absolute Gasteiger partial charge is 0.497 e. The summed E-state index contributed by atoms with van der Waals surface area (Å²) in [4.78, 5) is 27.7. The number of amides is 2. The third kappa shape index (κ3) is 4.89. The van der Waals surface area contributed by atoms with Crippen LogP contribution in [0.4, 0.5) is 5.69 Å². The van der Waals surface area contributed by atoms with Gasteiger partial charge in [-0.05, 0) is 79.0 Å². The van der Waals surface area contributed by atoms with E-state index in [0.29, 0.717) is 34.2 Å². The fourth-order valence-electron chi connectivity index (χ4n) is 3.93. The van der Waals surface area contributed by atoms with E-state index < -0.39 is 11.8 Å². The van der Waals surface area contributed by atoms with E-state index in [9.17, 15) is 9.59 Å². The van der Waals surface area contributed by atoms with Crippen LogP contribution in [0.15, 0.2) is 84.4 Å². The molecule has 1 aromatic heterocycles. The van der Waals surface area contributed by atoms with Gasteiger partial charge in [-0.3, -0.25) is 24.5 Å². The quantitative estimate of drug-likeness (QED) is 0.199. The molecule has 5 rings (SSSR count). The molecule has 38 heavy (non-hydrogen) atoms. The van der Waals surface area contributed by atoms with Gasteiger partial charge >= 0.3 is 0 Å². The van der Waals surface area contributed by atoms with Crippen molar-refractivity contribution in [1.82, 2.24) is 15.1 Å². The Balaban J connectivity index is 1.48. The first-order valence-corrected chi connectivity index (χ1v) is 12.3. The number of aryl methyl sites for hydroxylation is 1. The van der Waals surface area contributed by atoms with Crippen LogP contribution in [-0.4, -0.2) is 33.8 Å². The van der Waals surface area contributed by atoms with Crippen molar-refractivity contribution in [2.75, 3.05) is 12.0 Å². The minimum atomic E-state index is -0.624. The Labute approximate surface area is 229 Å². The number of para-hydroxylation sites is 1. The van der Waals surface area contributed by atoms with Crippen molar-refractivity contribution in [2.45, 2.75) is 0 Å². The average Bonchev–Trinajstić information content (AvgIpc) is 3.21. The van der Waals surface area contributed by atoms with E-state index in [2.05, 4.69) is 10.4 Å². The molecule has 1 fully saturated rings. The maximum absolute atomic E-state index is 13.6. The number of carbonyl (C=O) groups excluding carboxylic acids is 2. The summed E-state index contributed by atoms with van der Waals surface area (Å²) < 4.78 is 12.5. The van der Waals surface area contributed by atoms with Gasteiger partial charge in [0.25, 0.3) is 11.8 Å². The number of anilines is 1. The summed E-state index contributed by atoms with van der Waals surface area (Å²) in [7, 11) is 3.26. The van der Waals surface area contributed by atoms with Crippen LogP contribution in [-0.2, 0) is 16.6 Å². The Bertz CT molecular complexity index is 1570. The van der Waals surface area contributed by atoms with Gasteiger partial charge in [-0.1, -0.05) is 29.8 Å². The van der Waals surface area contributed by atoms with Gasteiger partial charge in [0.2, 0.25) is 0 Å². The molecule has 2 heterocycles. The molecule has 0 bridgehead atoms. The summed E-state index contributed by atoms with van der Waals surface area (Å²) in [5.41, 5.74) is 2.02. The van der Waals surface area contributed by atoms with Crippen molar-refractivity contribution >= 4 is 52.5 Å². The minimum Gasteiger partial charge on any atom is -0.497 e. The number of thiocarbonyl (C=S) groups is 1. The summed E-state index contributed by atoms with van der Waals surface area (Å²) in [6.07, 6.45) is 1.44. The normalized spacial score (nSPS) is 14.6. The number of ether oxygens (including phenoxy) is 2. The summed E-state index contributed by atoms with van der Waals surface area (Å²) in [6.45, 7) is 0. The van der Waals surface area contributed by atoms with Gasteiger partial charge in [0.1, 0.15) is 33.7 Å². The molecule has 0 saturated carbocycles. The highest BCUT2D eigenvalue weighted by molar-refractivity contribution is 7.80. The molecule has 4 aromatic rings. The first kappa shape index (κ1) is 25.2. The zero-order valence-corrected chi connectivity index (χ0v) is 21.9. The number of methoxy groups -OCH3 is 1. The number of benzene rings is 3. The van der Waals surface area contributed by atoms with Crippen molar-refractivity contribution in [3.8, 4) is 28.5 Å². The van der Waals surface area contributed by atoms with Crippen LogP contribution in [0.2, 0.25) is 5.15 Å². The standard InChI is InChI=1S/C28H21ClN4O4S/c1-32-25(29)22(24(31-32)17-8-12-19(36-2)13-9-17)16-23-26(34)30-28(38)33(27(23)35)18-10-14-21(15-11-18)37-20-6-4-3-5-7-20/h3-16H,1-2H3,(H,30,34,38)/b23-16+. The fourth-order valence-corrected chi connectivity index (χ4v) is 4.40. The van der Waals surface area contributed by atoms with Crippen molar-refractivity contribution in [1.29, 1.82) is 0 Å². The Morgan fingerprint density at radius 1 is 0.921 bits per heavy atom. The Kier molecular flexibility index (Phi) is 6.95. The van der Waals surface area contributed by atoms with E-state index in [0.717, 1.165) is 5.56 Å². The second-order valence-corrected chi connectivity index (χ2v) is 9.02. The van der Waals surface area contributed by atoms with Crippen LogP contribution in [0.1, 0.15) is 5.56 Å². The van der Waals surface area contributed by atoms with Crippen molar-refractivity contribution in [3.05, 3.63) is 95.2 Å². The highest BCUT2D eigenvalue weighted by Crippen LogP contribution is 2.33. The fraction of sp³-hybridized carbons (Fsp3) is 0.0714. The van der Waals surface area contributed by atoms with Crippen LogP contribution in [0.5, 0.6) is 17.2 Å². The Morgan fingerprint density at radius 2 is 1.55 bits per heavy atom. The van der Waals surface area contributed by atoms with Gasteiger partial charge in [-0.25, -0.2) is 0 Å². The summed E-state index contributed by atoms with van der Waals surface area (Å²) in [5, 5.41) is 7.33. The number of carbonyl (C=O) groups is 2. The van der Waals surface area contributed by atoms with Crippen molar-refractivity contribution in [3.63, 3.8) is 0 Å². The summed E-state index contributed by atoms with van der Waals surface area (Å²) in [6, 6.07) is 23.4. The lowest BCUT2D eigenvalue weighted by atomic mass is 10.0. The number of aromatic nitrogens is 2. The molecule has 1 saturated heterocycles. The Morgan fingerprint density at radius 3 is 2.21 bits per heavy atom. The van der Waals surface area contributed by atoms with Gasteiger partial charge in [0, 0.05) is 18.2 Å². The van der Waals surface area contributed by atoms with Gasteiger partial charge < -0.3 is 9.47 Å². The number of halogens is 1. The lowest BCUT2D eigenvalue weighted by Gasteiger charge is -2.29. The van der Waals surface area contributed by atoms with Crippen LogP contribution in [0.25, 0.3) is 17.3 Å². The zero-order valence-electron chi connectivity index (χ0n) is 20.3. The van der Waals surface area contributed by atoms with E-state index in [1.54, 1.807) is 50.6 Å². The molecular weight excluding hydrogens is 524 g/mol. The second-order valence-electron chi connectivity index (χ2n) is 8.27. The van der Waals surface area contributed by atoms with Gasteiger partial charge in [-0.2, -0.15) is 5.10 Å². The molecule has 0 aliphatic carbocycles. The van der Waals surface area contributed by atoms with Crippen molar-refractivity contribution < 1.29 is 19.1 Å². The number of nitrogens with one attached hydrogen (secondary N) is 1. The first-order valence-electron chi connectivity index (χ1n) is 11.5. The van der Waals surface area contributed by atoms with Crippen LogP contribution >= 0.6 is 23.8 Å². The van der Waals surface area contributed by atoms with Gasteiger partial charge in [0.05, 0.1) is 12.8 Å². The first-order chi connectivity index (χ1) is 18.4. The van der Waals surface area contributed by atoms with Crippen molar-refractivity contribution in [2.24, 2.45) is 7.05 Å².